The minimum absolute atomic E-state index is 0.0588. The largest absolute Gasteiger partial charge is 0.481 e. The number of amides is 1. The van der Waals surface area contributed by atoms with Crippen molar-refractivity contribution in [2.75, 3.05) is 7.11 Å². The van der Waals surface area contributed by atoms with E-state index in [1.54, 1.807) is 6.20 Å². The van der Waals surface area contributed by atoms with Crippen molar-refractivity contribution in [1.29, 1.82) is 0 Å². The molecule has 0 saturated carbocycles. The molecule has 0 spiro atoms. The molecule has 0 aromatic carbocycles. The van der Waals surface area contributed by atoms with Crippen molar-refractivity contribution in [1.82, 2.24) is 10.6 Å². The summed E-state index contributed by atoms with van der Waals surface area (Å²) in [4.78, 5) is 21.9. The van der Waals surface area contributed by atoms with Gasteiger partial charge in [0.2, 0.25) is 0 Å². The number of carboxylic acids is 1. The summed E-state index contributed by atoms with van der Waals surface area (Å²) in [6.07, 6.45) is 5.83. The first kappa shape index (κ1) is 14.1. The fourth-order valence-electron chi connectivity index (χ4n) is 1.84. The smallest absolute Gasteiger partial charge is 0.408 e. The van der Waals surface area contributed by atoms with Crippen molar-refractivity contribution in [2.24, 2.45) is 0 Å². The molecule has 0 bridgehead atoms. The van der Waals surface area contributed by atoms with Crippen molar-refractivity contribution in [3.05, 3.63) is 23.9 Å². The summed E-state index contributed by atoms with van der Waals surface area (Å²) in [7, 11) is 1.29. The zero-order chi connectivity index (χ0) is 13.6. The van der Waals surface area contributed by atoms with Crippen LogP contribution in [0.1, 0.15) is 26.2 Å². The summed E-state index contributed by atoms with van der Waals surface area (Å²) in [5.74, 6) is -0.851. The van der Waals surface area contributed by atoms with Crippen molar-refractivity contribution < 1.29 is 19.4 Å². The van der Waals surface area contributed by atoms with Crippen LogP contribution in [-0.2, 0) is 9.53 Å². The van der Waals surface area contributed by atoms with E-state index in [4.69, 9.17) is 5.11 Å². The van der Waals surface area contributed by atoms with E-state index in [2.05, 4.69) is 15.4 Å². The van der Waals surface area contributed by atoms with E-state index < -0.39 is 17.7 Å². The number of methoxy groups -OCH3 is 1. The van der Waals surface area contributed by atoms with Gasteiger partial charge in [0, 0.05) is 6.42 Å². The third-order valence-electron chi connectivity index (χ3n) is 2.89. The number of rotatable bonds is 5. The molecule has 1 unspecified atom stereocenters. The molecule has 0 aliphatic carbocycles. The van der Waals surface area contributed by atoms with E-state index in [1.165, 1.54) is 7.11 Å². The number of hydrogen-bond donors (Lipinski definition) is 3. The van der Waals surface area contributed by atoms with Crippen LogP contribution in [0, 0.1) is 0 Å². The second kappa shape index (κ2) is 6.09. The second-order valence-electron chi connectivity index (χ2n) is 4.12. The number of aliphatic carboxylic acids is 1. The Bertz CT molecular complexity index is 390. The summed E-state index contributed by atoms with van der Waals surface area (Å²) in [5.41, 5.74) is 0.137. The fraction of sp³-hybridized carbons (Fsp3) is 0.500. The monoisotopic (exact) mass is 254 g/mol. The standard InChI is InChI=1S/C12H18N2O4/c1-9-5-4-8-13-12(9,14-11(17)18-2)7-3-6-10(15)16/h4-5,8,13H,3,6-7H2,1-2H3,(H,14,17)(H,15,16). The lowest BCUT2D eigenvalue weighted by Crippen LogP contribution is -2.58. The molecular weight excluding hydrogens is 236 g/mol. The van der Waals surface area contributed by atoms with Crippen LogP contribution < -0.4 is 10.6 Å². The Labute approximate surface area is 106 Å². The Morgan fingerprint density at radius 2 is 2.28 bits per heavy atom. The second-order valence-corrected chi connectivity index (χ2v) is 4.12. The average molecular weight is 254 g/mol. The number of carbonyl (C=O) groups excluding carboxylic acids is 1. The maximum atomic E-state index is 11.4. The zero-order valence-electron chi connectivity index (χ0n) is 10.5. The Hall–Kier alpha value is -1.98. The van der Waals surface area contributed by atoms with E-state index >= 15 is 0 Å². The minimum Gasteiger partial charge on any atom is -0.481 e. The highest BCUT2D eigenvalue weighted by Gasteiger charge is 2.33. The van der Waals surface area contributed by atoms with Gasteiger partial charge in [0.25, 0.3) is 0 Å². The van der Waals surface area contributed by atoms with Crippen molar-refractivity contribution in [3.8, 4) is 0 Å². The maximum absolute atomic E-state index is 11.4. The number of carbonyl (C=O) groups is 2. The molecule has 100 valence electrons. The molecule has 0 radical (unpaired) electrons. The van der Waals surface area contributed by atoms with Gasteiger partial charge in [-0.25, -0.2) is 4.79 Å². The van der Waals surface area contributed by atoms with Gasteiger partial charge >= 0.3 is 12.1 Å². The summed E-state index contributed by atoms with van der Waals surface area (Å²) in [6, 6.07) is 0. The van der Waals surface area contributed by atoms with Crippen LogP contribution in [0.5, 0.6) is 0 Å². The van der Waals surface area contributed by atoms with Gasteiger partial charge in [0.1, 0.15) is 5.66 Å². The van der Waals surface area contributed by atoms with Crippen LogP contribution in [0.3, 0.4) is 0 Å². The van der Waals surface area contributed by atoms with Gasteiger partial charge in [-0.1, -0.05) is 6.08 Å². The van der Waals surface area contributed by atoms with Gasteiger partial charge in [-0.3, -0.25) is 10.1 Å². The van der Waals surface area contributed by atoms with Gasteiger partial charge in [0.05, 0.1) is 7.11 Å². The van der Waals surface area contributed by atoms with Gasteiger partial charge < -0.3 is 15.2 Å². The number of carboxylic acid groups (broad SMARTS) is 1. The minimum atomic E-state index is -0.851. The number of allylic oxidation sites excluding steroid dienone is 2. The third kappa shape index (κ3) is 3.51. The molecular formula is C12H18N2O4. The van der Waals surface area contributed by atoms with Gasteiger partial charge in [-0.05, 0) is 37.6 Å². The van der Waals surface area contributed by atoms with Gasteiger partial charge in [-0.15, -0.1) is 0 Å². The first-order valence-corrected chi connectivity index (χ1v) is 5.70. The van der Waals surface area contributed by atoms with Crippen LogP contribution in [0.15, 0.2) is 23.9 Å². The molecule has 1 atom stereocenters. The summed E-state index contributed by atoms with van der Waals surface area (Å²) in [6.45, 7) is 1.87. The summed E-state index contributed by atoms with van der Waals surface area (Å²) >= 11 is 0. The first-order chi connectivity index (χ1) is 8.50. The maximum Gasteiger partial charge on any atom is 0.408 e. The van der Waals surface area contributed by atoms with Gasteiger partial charge in [-0.2, -0.15) is 0 Å². The topological polar surface area (TPSA) is 87.7 Å². The number of dihydropyridines is 1. The summed E-state index contributed by atoms with van der Waals surface area (Å²) in [5, 5.41) is 14.4. The lowest BCUT2D eigenvalue weighted by atomic mass is 9.92. The highest BCUT2D eigenvalue weighted by molar-refractivity contribution is 5.69. The highest BCUT2D eigenvalue weighted by Crippen LogP contribution is 2.23. The third-order valence-corrected chi connectivity index (χ3v) is 2.89. The predicted molar refractivity (Wildman–Crippen MR) is 65.8 cm³/mol. The van der Waals surface area contributed by atoms with Crippen LogP contribution in [-0.4, -0.2) is 29.9 Å². The van der Waals surface area contributed by atoms with Crippen LogP contribution >= 0.6 is 0 Å². The Kier molecular flexibility index (Phi) is 4.76. The van der Waals surface area contributed by atoms with Gasteiger partial charge in [0.15, 0.2) is 0 Å². The molecule has 6 nitrogen and oxygen atoms in total. The van der Waals surface area contributed by atoms with Crippen LogP contribution in [0.2, 0.25) is 0 Å². The molecule has 18 heavy (non-hydrogen) atoms. The molecule has 1 amide bonds. The molecule has 1 aliphatic heterocycles. The quantitative estimate of drug-likeness (QED) is 0.689. The molecule has 0 fully saturated rings. The number of alkyl carbamates (subject to hydrolysis) is 1. The molecule has 1 heterocycles. The molecule has 0 aromatic heterocycles. The van der Waals surface area contributed by atoms with Crippen LogP contribution in [0.4, 0.5) is 4.79 Å². The highest BCUT2D eigenvalue weighted by atomic mass is 16.5. The lowest BCUT2D eigenvalue weighted by Gasteiger charge is -2.37. The van der Waals surface area contributed by atoms with Crippen LogP contribution in [0.25, 0.3) is 0 Å². The zero-order valence-corrected chi connectivity index (χ0v) is 10.5. The number of hydrogen-bond acceptors (Lipinski definition) is 4. The molecule has 1 aliphatic rings. The Morgan fingerprint density at radius 1 is 1.56 bits per heavy atom. The molecule has 6 heteroatoms. The Balaban J connectivity index is 2.75. The molecule has 3 N–H and O–H groups in total. The lowest BCUT2D eigenvalue weighted by molar-refractivity contribution is -0.137. The molecule has 1 rings (SSSR count). The van der Waals surface area contributed by atoms with E-state index in [0.717, 1.165) is 5.57 Å². The van der Waals surface area contributed by atoms with E-state index in [0.29, 0.717) is 12.8 Å². The first-order valence-electron chi connectivity index (χ1n) is 5.70. The normalized spacial score (nSPS) is 21.8. The molecule has 0 saturated heterocycles. The fourth-order valence-corrected chi connectivity index (χ4v) is 1.84. The summed E-state index contributed by atoms with van der Waals surface area (Å²) < 4.78 is 4.60. The van der Waals surface area contributed by atoms with E-state index in [1.807, 2.05) is 19.1 Å². The van der Waals surface area contributed by atoms with E-state index in [9.17, 15) is 9.59 Å². The average Bonchev–Trinajstić information content (AvgIpc) is 2.32. The SMILES string of the molecule is COC(=O)NC1(CCCC(=O)O)NC=CC=C1C. The number of nitrogens with one attached hydrogen (secondary N) is 2. The predicted octanol–water partition coefficient (Wildman–Crippen LogP) is 1.36. The number of ether oxygens (including phenoxy) is 1. The van der Waals surface area contributed by atoms with Crippen molar-refractivity contribution in [2.45, 2.75) is 31.8 Å². The Morgan fingerprint density at radius 3 is 2.83 bits per heavy atom. The molecule has 0 aromatic rings. The van der Waals surface area contributed by atoms with Crippen molar-refractivity contribution in [3.63, 3.8) is 0 Å². The van der Waals surface area contributed by atoms with E-state index in [-0.39, 0.29) is 6.42 Å². The van der Waals surface area contributed by atoms with Crippen molar-refractivity contribution >= 4 is 12.1 Å².